The van der Waals surface area contributed by atoms with E-state index in [1.54, 1.807) is 12.1 Å². The molecule has 3 rings (SSSR count). The van der Waals surface area contributed by atoms with Gasteiger partial charge in [-0.3, -0.25) is 9.59 Å². The highest BCUT2D eigenvalue weighted by Gasteiger charge is 2.10. The van der Waals surface area contributed by atoms with Crippen LogP contribution >= 0.6 is 0 Å². The summed E-state index contributed by atoms with van der Waals surface area (Å²) in [7, 11) is 1.47. The predicted molar refractivity (Wildman–Crippen MR) is 111 cm³/mol. The molecule has 0 aliphatic heterocycles. The molecule has 0 aliphatic rings. The maximum Gasteiger partial charge on any atom is 0.248 e. The molecule has 146 valence electrons. The van der Waals surface area contributed by atoms with E-state index in [-0.39, 0.29) is 11.5 Å². The molecule has 0 unspecified atom stereocenters. The molecule has 3 N–H and O–H groups in total. The first-order valence-electron chi connectivity index (χ1n) is 8.95. The molecule has 0 fully saturated rings. The highest BCUT2D eigenvalue weighted by Crippen LogP contribution is 2.26. The molecule has 1 aromatic heterocycles. The van der Waals surface area contributed by atoms with Crippen LogP contribution < -0.4 is 15.8 Å². The molecule has 0 radical (unpaired) electrons. The minimum absolute atomic E-state index is 0.269. The number of para-hydroxylation sites is 1. The third kappa shape index (κ3) is 4.45. The van der Waals surface area contributed by atoms with Gasteiger partial charge in [-0.2, -0.15) is 5.26 Å². The summed E-state index contributed by atoms with van der Waals surface area (Å²) < 4.78 is 7.22. The topological polar surface area (TPSA) is 110 Å². The van der Waals surface area contributed by atoms with E-state index in [9.17, 15) is 9.59 Å². The number of nitrogens with one attached hydrogen (secondary N) is 1. The monoisotopic (exact) mass is 388 g/mol. The number of anilines is 1. The second kappa shape index (κ2) is 8.76. The zero-order valence-corrected chi connectivity index (χ0v) is 15.9. The molecular weight excluding hydrogens is 368 g/mol. The zero-order chi connectivity index (χ0) is 20.8. The number of carbonyl (C=O) groups is 2. The van der Waals surface area contributed by atoms with Gasteiger partial charge in [-0.15, -0.1) is 0 Å². The van der Waals surface area contributed by atoms with Crippen LogP contribution in [0.5, 0.6) is 5.75 Å². The van der Waals surface area contributed by atoms with Crippen LogP contribution in [0, 0.1) is 11.3 Å². The molecule has 7 heteroatoms. The SMILES string of the molecule is COc1ccc(C(N)=O)cc1NC(=O)/C=C/c1cn(CCC#N)c2ccccc12. The van der Waals surface area contributed by atoms with Crippen molar-refractivity contribution in [3.05, 3.63) is 65.9 Å². The highest BCUT2D eigenvalue weighted by atomic mass is 16.5. The standard InChI is InChI=1S/C22H20N4O3/c1-29-20-9-7-15(22(24)28)13-18(20)25-21(27)10-8-16-14-26(12-4-11-23)19-6-3-2-5-17(16)19/h2-3,5-10,13-14H,4,12H2,1H3,(H2,24,28)(H,25,27)/b10-8+. The lowest BCUT2D eigenvalue weighted by Crippen LogP contribution is -2.13. The number of aromatic nitrogens is 1. The van der Waals surface area contributed by atoms with Crippen LogP contribution in [0.25, 0.3) is 17.0 Å². The number of ether oxygens (including phenoxy) is 1. The maximum absolute atomic E-state index is 12.4. The fourth-order valence-electron chi connectivity index (χ4n) is 3.06. The van der Waals surface area contributed by atoms with Crippen LogP contribution in [0.1, 0.15) is 22.3 Å². The Morgan fingerprint density at radius 3 is 2.79 bits per heavy atom. The molecule has 0 saturated carbocycles. The van der Waals surface area contributed by atoms with Gasteiger partial charge in [0.2, 0.25) is 11.8 Å². The molecule has 7 nitrogen and oxygen atoms in total. The van der Waals surface area contributed by atoms with Gasteiger partial charge in [0.15, 0.2) is 0 Å². The number of methoxy groups -OCH3 is 1. The Hall–Kier alpha value is -4.05. The normalized spacial score (nSPS) is 10.8. The number of rotatable bonds is 7. The molecule has 2 amide bonds. The summed E-state index contributed by atoms with van der Waals surface area (Å²) in [5.74, 6) is -0.549. The summed E-state index contributed by atoms with van der Waals surface area (Å²) in [6.07, 6.45) is 5.44. The van der Waals surface area contributed by atoms with Crippen molar-refractivity contribution in [2.75, 3.05) is 12.4 Å². The number of primary amides is 1. The Morgan fingerprint density at radius 1 is 1.28 bits per heavy atom. The molecule has 0 spiro atoms. The number of benzene rings is 2. The minimum Gasteiger partial charge on any atom is -0.495 e. The summed E-state index contributed by atoms with van der Waals surface area (Å²) in [6.45, 7) is 0.578. The van der Waals surface area contributed by atoms with E-state index in [1.807, 2.05) is 35.0 Å². The van der Waals surface area contributed by atoms with Crippen LogP contribution in [-0.4, -0.2) is 23.5 Å². The fourth-order valence-corrected chi connectivity index (χ4v) is 3.06. The van der Waals surface area contributed by atoms with Crippen LogP contribution in [0.15, 0.2) is 54.7 Å². The number of amides is 2. The van der Waals surface area contributed by atoms with Gasteiger partial charge in [0.1, 0.15) is 5.75 Å². The number of hydrogen-bond acceptors (Lipinski definition) is 4. The van der Waals surface area contributed by atoms with Crippen molar-refractivity contribution >= 4 is 34.5 Å². The Bertz CT molecular complexity index is 1140. The first-order chi connectivity index (χ1) is 14.0. The minimum atomic E-state index is -0.594. The van der Waals surface area contributed by atoms with Gasteiger partial charge in [0.05, 0.1) is 25.3 Å². The summed E-state index contributed by atoms with van der Waals surface area (Å²) in [5, 5.41) is 12.5. The first kappa shape index (κ1) is 19.7. The van der Waals surface area contributed by atoms with Crippen LogP contribution in [-0.2, 0) is 11.3 Å². The molecular formula is C22H20N4O3. The summed E-state index contributed by atoms with van der Waals surface area (Å²) in [5.41, 5.74) is 7.79. The van der Waals surface area contributed by atoms with E-state index >= 15 is 0 Å². The molecule has 0 atom stereocenters. The first-order valence-corrected chi connectivity index (χ1v) is 8.95. The average Bonchev–Trinajstić information content (AvgIpc) is 3.08. The number of hydrogen-bond donors (Lipinski definition) is 2. The second-order valence-corrected chi connectivity index (χ2v) is 6.30. The van der Waals surface area contributed by atoms with Crippen LogP contribution in [0.4, 0.5) is 5.69 Å². The summed E-state index contributed by atoms with van der Waals surface area (Å²) in [4.78, 5) is 23.8. The van der Waals surface area contributed by atoms with Crippen molar-refractivity contribution in [3.63, 3.8) is 0 Å². The Balaban J connectivity index is 1.84. The fraction of sp³-hybridized carbons (Fsp3) is 0.136. The summed E-state index contributed by atoms with van der Waals surface area (Å²) in [6, 6.07) is 14.5. The largest absolute Gasteiger partial charge is 0.495 e. The Morgan fingerprint density at radius 2 is 2.07 bits per heavy atom. The Kier molecular flexibility index (Phi) is 5.95. The lowest BCUT2D eigenvalue weighted by atomic mass is 10.1. The molecule has 29 heavy (non-hydrogen) atoms. The van der Waals surface area contributed by atoms with E-state index in [0.717, 1.165) is 16.5 Å². The molecule has 0 bridgehead atoms. The molecule has 0 aliphatic carbocycles. The smallest absolute Gasteiger partial charge is 0.248 e. The summed E-state index contributed by atoms with van der Waals surface area (Å²) >= 11 is 0. The number of fused-ring (bicyclic) bond motifs is 1. The van der Waals surface area contributed by atoms with Crippen molar-refractivity contribution in [1.82, 2.24) is 4.57 Å². The maximum atomic E-state index is 12.4. The third-order valence-corrected chi connectivity index (χ3v) is 4.44. The number of nitriles is 1. The van der Waals surface area contributed by atoms with E-state index in [1.165, 1.54) is 25.3 Å². The molecule has 2 aromatic carbocycles. The number of nitrogens with two attached hydrogens (primary N) is 1. The van der Waals surface area contributed by atoms with Gasteiger partial charge in [-0.05, 0) is 30.3 Å². The van der Waals surface area contributed by atoms with E-state index < -0.39 is 5.91 Å². The van der Waals surface area contributed by atoms with Gasteiger partial charge >= 0.3 is 0 Å². The van der Waals surface area contributed by atoms with E-state index in [4.69, 9.17) is 15.7 Å². The van der Waals surface area contributed by atoms with Crippen molar-refractivity contribution in [2.45, 2.75) is 13.0 Å². The second-order valence-electron chi connectivity index (χ2n) is 6.30. The highest BCUT2D eigenvalue weighted by molar-refractivity contribution is 6.05. The number of aryl methyl sites for hydroxylation is 1. The molecule has 1 heterocycles. The van der Waals surface area contributed by atoms with Gasteiger partial charge in [-0.1, -0.05) is 18.2 Å². The molecule has 3 aromatic rings. The molecule has 0 saturated heterocycles. The van der Waals surface area contributed by atoms with E-state index in [0.29, 0.717) is 24.4 Å². The van der Waals surface area contributed by atoms with Gasteiger partial charge in [0, 0.05) is 40.8 Å². The quantitative estimate of drug-likeness (QED) is 0.605. The Labute approximate surface area is 168 Å². The lowest BCUT2D eigenvalue weighted by molar-refractivity contribution is -0.111. The van der Waals surface area contributed by atoms with Crippen LogP contribution in [0.3, 0.4) is 0 Å². The van der Waals surface area contributed by atoms with E-state index in [2.05, 4.69) is 11.4 Å². The van der Waals surface area contributed by atoms with Gasteiger partial charge < -0.3 is 20.4 Å². The zero-order valence-electron chi connectivity index (χ0n) is 15.9. The third-order valence-electron chi connectivity index (χ3n) is 4.44. The van der Waals surface area contributed by atoms with Crippen molar-refractivity contribution in [1.29, 1.82) is 5.26 Å². The lowest BCUT2D eigenvalue weighted by Gasteiger charge is -2.09. The van der Waals surface area contributed by atoms with Gasteiger partial charge in [0.25, 0.3) is 0 Å². The number of nitrogens with zero attached hydrogens (tertiary/aromatic N) is 2. The van der Waals surface area contributed by atoms with Crippen molar-refractivity contribution in [3.8, 4) is 11.8 Å². The predicted octanol–water partition coefficient (Wildman–Crippen LogP) is 3.31. The van der Waals surface area contributed by atoms with Crippen molar-refractivity contribution < 1.29 is 14.3 Å². The van der Waals surface area contributed by atoms with Crippen LogP contribution in [0.2, 0.25) is 0 Å². The number of carbonyl (C=O) groups excluding carboxylic acids is 2. The van der Waals surface area contributed by atoms with Gasteiger partial charge in [-0.25, -0.2) is 0 Å². The average molecular weight is 388 g/mol. The van der Waals surface area contributed by atoms with Crippen molar-refractivity contribution in [2.24, 2.45) is 5.73 Å².